The van der Waals surface area contributed by atoms with Crippen LogP contribution in [-0.4, -0.2) is 47.3 Å². The molecule has 4 heterocycles. The summed E-state index contributed by atoms with van der Waals surface area (Å²) in [6, 6.07) is 5.44. The minimum atomic E-state index is -0.366. The van der Waals surface area contributed by atoms with Gasteiger partial charge < -0.3 is 19.5 Å². The molecule has 0 aromatic carbocycles. The standard InChI is InChI=1S/C16H15N5O3S/c22-15(12-8-13(24-20-12)14-2-1-7-25-14)19-11-9-17-16(18-10-11)21-3-5-23-6-4-21/h1-2,7-10H,3-6H2,(H,19,22). The zero-order valence-electron chi connectivity index (χ0n) is 13.2. The van der Waals surface area contributed by atoms with Crippen molar-refractivity contribution in [3.63, 3.8) is 0 Å². The minimum absolute atomic E-state index is 0.209. The third kappa shape index (κ3) is 3.52. The monoisotopic (exact) mass is 357 g/mol. The number of carbonyl (C=O) groups excluding carboxylic acids is 1. The van der Waals surface area contributed by atoms with E-state index in [1.807, 2.05) is 22.4 Å². The van der Waals surface area contributed by atoms with E-state index in [2.05, 4.69) is 20.4 Å². The van der Waals surface area contributed by atoms with Crippen LogP contribution >= 0.6 is 11.3 Å². The van der Waals surface area contributed by atoms with E-state index in [1.165, 1.54) is 11.3 Å². The summed E-state index contributed by atoms with van der Waals surface area (Å²) >= 11 is 1.52. The summed E-state index contributed by atoms with van der Waals surface area (Å²) in [7, 11) is 0. The molecule has 1 aliphatic rings. The lowest BCUT2D eigenvalue weighted by molar-refractivity contribution is 0.101. The summed E-state index contributed by atoms with van der Waals surface area (Å²) < 4.78 is 10.5. The average molecular weight is 357 g/mol. The first-order chi connectivity index (χ1) is 12.3. The van der Waals surface area contributed by atoms with Gasteiger partial charge in [-0.2, -0.15) is 0 Å². The van der Waals surface area contributed by atoms with Crippen molar-refractivity contribution < 1.29 is 14.1 Å². The van der Waals surface area contributed by atoms with E-state index in [0.29, 0.717) is 30.6 Å². The predicted molar refractivity (Wildman–Crippen MR) is 92.8 cm³/mol. The molecule has 0 radical (unpaired) electrons. The van der Waals surface area contributed by atoms with Crippen molar-refractivity contribution in [2.24, 2.45) is 0 Å². The van der Waals surface area contributed by atoms with Crippen LogP contribution in [0.5, 0.6) is 0 Å². The topological polar surface area (TPSA) is 93.4 Å². The Bertz CT molecular complexity index is 841. The zero-order valence-corrected chi connectivity index (χ0v) is 14.0. The lowest BCUT2D eigenvalue weighted by atomic mass is 10.3. The van der Waals surface area contributed by atoms with E-state index < -0.39 is 0 Å². The first-order valence-corrected chi connectivity index (χ1v) is 8.64. The lowest BCUT2D eigenvalue weighted by Gasteiger charge is -2.26. The molecule has 1 amide bonds. The Morgan fingerprint density at radius 3 is 2.76 bits per heavy atom. The third-order valence-corrected chi connectivity index (χ3v) is 4.58. The van der Waals surface area contributed by atoms with Gasteiger partial charge in [-0.25, -0.2) is 9.97 Å². The quantitative estimate of drug-likeness (QED) is 0.765. The number of nitrogens with zero attached hydrogens (tertiary/aromatic N) is 4. The van der Waals surface area contributed by atoms with Gasteiger partial charge in [0.05, 0.1) is 36.2 Å². The Labute approximate surface area is 147 Å². The zero-order chi connectivity index (χ0) is 17.1. The van der Waals surface area contributed by atoms with E-state index in [1.54, 1.807) is 18.5 Å². The molecule has 4 rings (SSSR count). The predicted octanol–water partition coefficient (Wildman–Crippen LogP) is 2.28. The molecule has 0 bridgehead atoms. The molecule has 3 aromatic rings. The van der Waals surface area contributed by atoms with Crippen molar-refractivity contribution in [2.45, 2.75) is 0 Å². The van der Waals surface area contributed by atoms with E-state index >= 15 is 0 Å². The van der Waals surface area contributed by atoms with Crippen LogP contribution < -0.4 is 10.2 Å². The van der Waals surface area contributed by atoms with E-state index in [0.717, 1.165) is 18.0 Å². The number of hydrogen-bond acceptors (Lipinski definition) is 8. The van der Waals surface area contributed by atoms with E-state index in [9.17, 15) is 4.79 Å². The van der Waals surface area contributed by atoms with Gasteiger partial charge in [0.1, 0.15) is 0 Å². The van der Waals surface area contributed by atoms with Crippen LogP contribution in [0.25, 0.3) is 10.6 Å². The number of carbonyl (C=O) groups is 1. The molecule has 8 nitrogen and oxygen atoms in total. The van der Waals surface area contributed by atoms with Crippen molar-refractivity contribution in [1.29, 1.82) is 0 Å². The second-order valence-electron chi connectivity index (χ2n) is 5.38. The summed E-state index contributed by atoms with van der Waals surface area (Å²) in [5, 5.41) is 8.47. The summed E-state index contributed by atoms with van der Waals surface area (Å²) in [4.78, 5) is 23.8. The van der Waals surface area contributed by atoms with Gasteiger partial charge in [-0.15, -0.1) is 11.3 Å². The highest BCUT2D eigenvalue weighted by Gasteiger charge is 2.16. The van der Waals surface area contributed by atoms with Crippen LogP contribution in [0.15, 0.2) is 40.5 Å². The molecule has 128 valence electrons. The molecule has 1 N–H and O–H groups in total. The maximum Gasteiger partial charge on any atom is 0.277 e. The smallest absolute Gasteiger partial charge is 0.277 e. The van der Waals surface area contributed by atoms with Crippen molar-refractivity contribution in [3.8, 4) is 10.6 Å². The van der Waals surface area contributed by atoms with Crippen molar-refractivity contribution in [1.82, 2.24) is 15.1 Å². The number of ether oxygens (including phenoxy) is 1. The van der Waals surface area contributed by atoms with Crippen LogP contribution in [0, 0.1) is 0 Å². The second-order valence-corrected chi connectivity index (χ2v) is 6.33. The molecule has 0 aliphatic carbocycles. The second kappa shape index (κ2) is 6.99. The molecule has 0 unspecified atom stereocenters. The average Bonchev–Trinajstić information content (AvgIpc) is 3.35. The fraction of sp³-hybridized carbons (Fsp3) is 0.250. The van der Waals surface area contributed by atoms with Gasteiger partial charge in [-0.3, -0.25) is 4.79 Å². The molecule has 25 heavy (non-hydrogen) atoms. The molecule has 1 saturated heterocycles. The molecule has 0 atom stereocenters. The summed E-state index contributed by atoms with van der Waals surface area (Å²) in [6.45, 7) is 2.85. The van der Waals surface area contributed by atoms with Crippen molar-refractivity contribution in [3.05, 3.63) is 41.7 Å². The van der Waals surface area contributed by atoms with Crippen LogP contribution in [0.4, 0.5) is 11.6 Å². The van der Waals surface area contributed by atoms with Crippen molar-refractivity contribution >= 4 is 28.9 Å². The molecule has 1 fully saturated rings. The highest BCUT2D eigenvalue weighted by atomic mass is 32.1. The maximum atomic E-state index is 12.3. The number of nitrogens with one attached hydrogen (secondary N) is 1. The van der Waals surface area contributed by atoms with Gasteiger partial charge in [0.15, 0.2) is 11.5 Å². The SMILES string of the molecule is O=C(Nc1cnc(N2CCOCC2)nc1)c1cc(-c2cccs2)on1. The number of amides is 1. The lowest BCUT2D eigenvalue weighted by Crippen LogP contribution is -2.37. The fourth-order valence-corrected chi connectivity index (χ4v) is 3.10. The molecular formula is C16H15N5O3S. The van der Waals surface area contributed by atoms with Gasteiger partial charge in [-0.05, 0) is 11.4 Å². The number of aromatic nitrogens is 3. The number of morpholine rings is 1. The maximum absolute atomic E-state index is 12.3. The third-order valence-electron chi connectivity index (χ3n) is 3.70. The largest absolute Gasteiger partial charge is 0.378 e. The van der Waals surface area contributed by atoms with Gasteiger partial charge in [0, 0.05) is 19.2 Å². The van der Waals surface area contributed by atoms with Crippen LogP contribution in [0.1, 0.15) is 10.5 Å². The van der Waals surface area contributed by atoms with Gasteiger partial charge in [-0.1, -0.05) is 11.2 Å². The Balaban J connectivity index is 1.42. The minimum Gasteiger partial charge on any atom is -0.378 e. The van der Waals surface area contributed by atoms with Crippen LogP contribution in [0.2, 0.25) is 0 Å². The summed E-state index contributed by atoms with van der Waals surface area (Å²) in [5.41, 5.74) is 0.711. The normalized spacial score (nSPS) is 14.5. The van der Waals surface area contributed by atoms with Gasteiger partial charge >= 0.3 is 0 Å². The van der Waals surface area contributed by atoms with Gasteiger partial charge in [0.25, 0.3) is 5.91 Å². The Morgan fingerprint density at radius 1 is 1.24 bits per heavy atom. The fourth-order valence-electron chi connectivity index (χ4n) is 2.42. The van der Waals surface area contributed by atoms with Crippen LogP contribution in [-0.2, 0) is 4.74 Å². The van der Waals surface area contributed by atoms with Gasteiger partial charge in [0.2, 0.25) is 5.95 Å². The Hall–Kier alpha value is -2.78. The molecule has 9 heteroatoms. The Morgan fingerprint density at radius 2 is 2.04 bits per heavy atom. The number of hydrogen-bond donors (Lipinski definition) is 1. The highest BCUT2D eigenvalue weighted by Crippen LogP contribution is 2.25. The first-order valence-electron chi connectivity index (χ1n) is 7.76. The summed E-state index contributed by atoms with van der Waals surface area (Å²) in [6.07, 6.45) is 3.16. The molecule has 3 aromatic heterocycles. The molecule has 0 spiro atoms. The molecular weight excluding hydrogens is 342 g/mol. The number of rotatable bonds is 4. The number of thiophene rings is 1. The van der Waals surface area contributed by atoms with E-state index in [4.69, 9.17) is 9.26 Å². The number of anilines is 2. The van der Waals surface area contributed by atoms with E-state index in [-0.39, 0.29) is 11.6 Å². The molecule has 0 saturated carbocycles. The first kappa shape index (κ1) is 15.7. The molecule has 1 aliphatic heterocycles. The highest BCUT2D eigenvalue weighted by molar-refractivity contribution is 7.13. The summed E-state index contributed by atoms with van der Waals surface area (Å²) in [5.74, 6) is 0.830. The van der Waals surface area contributed by atoms with Crippen molar-refractivity contribution in [2.75, 3.05) is 36.5 Å². The Kier molecular flexibility index (Phi) is 4.40. The van der Waals surface area contributed by atoms with Crippen LogP contribution in [0.3, 0.4) is 0 Å².